The molecule has 0 aliphatic rings. The molecule has 1 heterocycles. The van der Waals surface area contributed by atoms with Crippen LogP contribution in [0.1, 0.15) is 17.2 Å². The largest absolute Gasteiger partial charge is 0.387 e. The van der Waals surface area contributed by atoms with Gasteiger partial charge in [0, 0.05) is 16.8 Å². The third-order valence-electron chi connectivity index (χ3n) is 3.57. The fourth-order valence-electron chi connectivity index (χ4n) is 2.42. The van der Waals surface area contributed by atoms with E-state index in [0.717, 1.165) is 21.2 Å². The topological polar surface area (TPSA) is 66.4 Å². The Morgan fingerprint density at radius 1 is 1.04 bits per heavy atom. The first-order valence-electron chi connectivity index (χ1n) is 7.20. The van der Waals surface area contributed by atoms with Crippen molar-refractivity contribution in [3.8, 4) is 0 Å². The molecule has 6 heteroatoms. The summed E-state index contributed by atoms with van der Waals surface area (Å²) in [5, 5.41) is 13.2. The highest BCUT2D eigenvalue weighted by molar-refractivity contribution is 7.88. The number of thiophene rings is 1. The highest BCUT2D eigenvalue weighted by Gasteiger charge is 2.17. The fraction of sp³-hybridized carbons (Fsp3) is 0.176. The maximum Gasteiger partial charge on any atom is 0.215 e. The molecular formula is C17H17NO3S2. The zero-order valence-corrected chi connectivity index (χ0v) is 14.0. The second kappa shape index (κ2) is 6.80. The first-order chi connectivity index (χ1) is 11.1. The van der Waals surface area contributed by atoms with Gasteiger partial charge in [-0.1, -0.05) is 48.5 Å². The van der Waals surface area contributed by atoms with Gasteiger partial charge < -0.3 is 5.11 Å². The van der Waals surface area contributed by atoms with Crippen LogP contribution in [-0.4, -0.2) is 20.1 Å². The zero-order chi connectivity index (χ0) is 16.3. The number of aliphatic hydroxyl groups excluding tert-OH is 1. The van der Waals surface area contributed by atoms with E-state index in [1.165, 1.54) is 0 Å². The van der Waals surface area contributed by atoms with Crippen LogP contribution in [0.25, 0.3) is 10.1 Å². The maximum atomic E-state index is 12.1. The molecule has 3 aromatic rings. The summed E-state index contributed by atoms with van der Waals surface area (Å²) in [5.74, 6) is -0.0923. The molecule has 2 aromatic carbocycles. The molecule has 2 N–H and O–H groups in total. The van der Waals surface area contributed by atoms with E-state index in [0.29, 0.717) is 0 Å². The van der Waals surface area contributed by atoms with Gasteiger partial charge >= 0.3 is 0 Å². The minimum absolute atomic E-state index is 0.0319. The lowest BCUT2D eigenvalue weighted by Crippen LogP contribution is -2.29. The van der Waals surface area contributed by atoms with Gasteiger partial charge in [0.2, 0.25) is 10.0 Å². The summed E-state index contributed by atoms with van der Waals surface area (Å²) < 4.78 is 27.8. The third kappa shape index (κ3) is 3.97. The number of aliphatic hydroxyl groups is 1. The van der Waals surface area contributed by atoms with Gasteiger partial charge in [0.15, 0.2) is 0 Å². The molecule has 1 atom stereocenters. The zero-order valence-electron chi connectivity index (χ0n) is 12.3. The van der Waals surface area contributed by atoms with Crippen LogP contribution < -0.4 is 4.72 Å². The maximum absolute atomic E-state index is 12.1. The summed E-state index contributed by atoms with van der Waals surface area (Å²) >= 11 is 1.54. The summed E-state index contributed by atoms with van der Waals surface area (Å²) in [7, 11) is -3.48. The fourth-order valence-corrected chi connectivity index (χ4v) is 4.57. The molecule has 0 spiro atoms. The van der Waals surface area contributed by atoms with Gasteiger partial charge in [-0.25, -0.2) is 13.1 Å². The lowest BCUT2D eigenvalue weighted by molar-refractivity contribution is 0.184. The van der Waals surface area contributed by atoms with Crippen LogP contribution in [0.2, 0.25) is 0 Å². The summed E-state index contributed by atoms with van der Waals surface area (Å²) in [5.41, 5.74) is 1.48. The van der Waals surface area contributed by atoms with E-state index >= 15 is 0 Å². The van der Waals surface area contributed by atoms with Gasteiger partial charge in [0.05, 0.1) is 11.9 Å². The van der Waals surface area contributed by atoms with Crippen molar-refractivity contribution in [2.45, 2.75) is 11.9 Å². The van der Waals surface area contributed by atoms with Crippen molar-refractivity contribution in [2.75, 3.05) is 6.54 Å². The monoisotopic (exact) mass is 347 g/mol. The number of benzene rings is 2. The van der Waals surface area contributed by atoms with Gasteiger partial charge in [-0.05, 0) is 22.4 Å². The number of sulfonamides is 1. The van der Waals surface area contributed by atoms with Crippen molar-refractivity contribution in [3.63, 3.8) is 0 Å². The van der Waals surface area contributed by atoms with E-state index in [4.69, 9.17) is 0 Å². The van der Waals surface area contributed by atoms with E-state index in [9.17, 15) is 13.5 Å². The van der Waals surface area contributed by atoms with Gasteiger partial charge in [-0.3, -0.25) is 0 Å². The minimum atomic E-state index is -3.48. The van der Waals surface area contributed by atoms with E-state index in [2.05, 4.69) is 4.72 Å². The number of nitrogens with one attached hydrogen (secondary N) is 1. The summed E-state index contributed by atoms with van der Waals surface area (Å²) in [6, 6.07) is 16.7. The Bertz CT molecular complexity index is 888. The van der Waals surface area contributed by atoms with Crippen molar-refractivity contribution in [1.29, 1.82) is 0 Å². The number of rotatable bonds is 6. The predicted molar refractivity (Wildman–Crippen MR) is 93.9 cm³/mol. The Morgan fingerprint density at radius 2 is 1.74 bits per heavy atom. The predicted octanol–water partition coefficient (Wildman–Crippen LogP) is 3.05. The Morgan fingerprint density at radius 3 is 2.52 bits per heavy atom. The van der Waals surface area contributed by atoms with Crippen LogP contribution in [0.4, 0.5) is 0 Å². The second-order valence-corrected chi connectivity index (χ2v) is 8.01. The molecular weight excluding hydrogens is 330 g/mol. The number of hydrogen-bond donors (Lipinski definition) is 2. The van der Waals surface area contributed by atoms with Crippen LogP contribution in [0.15, 0.2) is 60.0 Å². The van der Waals surface area contributed by atoms with Gasteiger partial charge in [-0.2, -0.15) is 0 Å². The molecule has 1 aromatic heterocycles. The normalized spacial score (nSPS) is 13.3. The smallest absolute Gasteiger partial charge is 0.215 e. The molecule has 23 heavy (non-hydrogen) atoms. The average Bonchev–Trinajstić information content (AvgIpc) is 2.97. The van der Waals surface area contributed by atoms with Crippen molar-refractivity contribution < 1.29 is 13.5 Å². The molecule has 4 nitrogen and oxygen atoms in total. The lowest BCUT2D eigenvalue weighted by atomic mass is 10.1. The molecule has 0 bridgehead atoms. The van der Waals surface area contributed by atoms with E-state index in [1.54, 1.807) is 35.6 Å². The molecule has 1 unspecified atom stereocenters. The quantitative estimate of drug-likeness (QED) is 0.720. The molecule has 3 rings (SSSR count). The summed E-state index contributed by atoms with van der Waals surface area (Å²) in [4.78, 5) is 0. The first kappa shape index (κ1) is 16.1. The van der Waals surface area contributed by atoms with Crippen LogP contribution in [0, 0.1) is 0 Å². The molecule has 0 saturated carbocycles. The lowest BCUT2D eigenvalue weighted by Gasteiger charge is -2.12. The van der Waals surface area contributed by atoms with Crippen molar-refractivity contribution in [3.05, 3.63) is 71.1 Å². The Balaban J connectivity index is 1.67. The highest BCUT2D eigenvalue weighted by atomic mass is 32.2. The molecule has 0 radical (unpaired) electrons. The standard InChI is InChI=1S/C17H17NO3S2/c19-16(15-11-22-17-9-5-4-8-14(15)17)10-18-23(20,21)12-13-6-2-1-3-7-13/h1-9,11,16,18-19H,10,12H2. The molecule has 0 fully saturated rings. The minimum Gasteiger partial charge on any atom is -0.387 e. The number of hydrogen-bond acceptors (Lipinski definition) is 4. The average molecular weight is 347 g/mol. The highest BCUT2D eigenvalue weighted by Crippen LogP contribution is 2.29. The third-order valence-corrected chi connectivity index (χ3v) is 5.87. The SMILES string of the molecule is O=S(=O)(Cc1ccccc1)NCC(O)c1csc2ccccc12. The van der Waals surface area contributed by atoms with Crippen LogP contribution >= 0.6 is 11.3 Å². The van der Waals surface area contributed by atoms with Gasteiger partial charge in [0.1, 0.15) is 0 Å². The van der Waals surface area contributed by atoms with E-state index < -0.39 is 16.1 Å². The first-order valence-corrected chi connectivity index (χ1v) is 9.74. The van der Waals surface area contributed by atoms with Crippen molar-refractivity contribution >= 4 is 31.4 Å². The van der Waals surface area contributed by atoms with Crippen LogP contribution in [-0.2, 0) is 15.8 Å². The van der Waals surface area contributed by atoms with Crippen molar-refractivity contribution in [2.24, 2.45) is 0 Å². The molecule has 120 valence electrons. The second-order valence-electron chi connectivity index (χ2n) is 5.30. The molecule has 0 aliphatic heterocycles. The van der Waals surface area contributed by atoms with E-state index in [-0.39, 0.29) is 12.3 Å². The van der Waals surface area contributed by atoms with Crippen LogP contribution in [0.3, 0.4) is 0 Å². The molecule has 0 saturated heterocycles. The van der Waals surface area contributed by atoms with Gasteiger partial charge in [0.25, 0.3) is 0 Å². The number of fused-ring (bicyclic) bond motifs is 1. The van der Waals surface area contributed by atoms with E-state index in [1.807, 2.05) is 35.7 Å². The Kier molecular flexibility index (Phi) is 4.77. The van der Waals surface area contributed by atoms with Gasteiger partial charge in [-0.15, -0.1) is 11.3 Å². The molecule has 0 amide bonds. The summed E-state index contributed by atoms with van der Waals surface area (Å²) in [6.45, 7) is -0.0319. The Labute approximate surface area is 139 Å². The van der Waals surface area contributed by atoms with Crippen molar-refractivity contribution in [1.82, 2.24) is 4.72 Å². The summed E-state index contributed by atoms with van der Waals surface area (Å²) in [6.07, 6.45) is -0.864. The van der Waals surface area contributed by atoms with Crippen LogP contribution in [0.5, 0.6) is 0 Å². The molecule has 0 aliphatic carbocycles. The Hall–Kier alpha value is -1.73.